The Morgan fingerprint density at radius 3 is 2.40 bits per heavy atom. The van der Waals surface area contributed by atoms with Gasteiger partial charge in [-0.2, -0.15) is 0 Å². The number of carbonyl (C=O) groups is 1. The molecule has 1 aromatic rings. The van der Waals surface area contributed by atoms with Gasteiger partial charge in [0.05, 0.1) is 0 Å². The van der Waals surface area contributed by atoms with Gasteiger partial charge in [-0.15, -0.1) is 0 Å². The quantitative estimate of drug-likeness (QED) is 0.655. The zero-order valence-electron chi connectivity index (χ0n) is 7.96. The van der Waals surface area contributed by atoms with Crippen LogP contribution in [-0.4, -0.2) is 21.9 Å². The average Bonchev–Trinajstić information content (AvgIpc) is 2.14. The molecule has 0 bridgehead atoms. The van der Waals surface area contributed by atoms with Crippen LogP contribution in [0.1, 0.15) is 5.56 Å². The molecule has 0 fully saturated rings. The molecule has 0 aliphatic heterocycles. The minimum Gasteiger partial charge on any atom is -0.351 e. The first-order valence-electron chi connectivity index (χ1n) is 4.32. The van der Waals surface area contributed by atoms with E-state index in [0.29, 0.717) is 0 Å². The lowest BCUT2D eigenvalue weighted by molar-refractivity contribution is -0.119. The number of rotatable bonds is 4. The summed E-state index contributed by atoms with van der Waals surface area (Å²) in [6, 6.07) is 9.13. The van der Waals surface area contributed by atoms with E-state index < -0.39 is 19.7 Å². The van der Waals surface area contributed by atoms with E-state index in [1.54, 1.807) is 0 Å². The Morgan fingerprint density at radius 2 is 1.87 bits per heavy atom. The van der Waals surface area contributed by atoms with Crippen LogP contribution in [0.2, 0.25) is 0 Å². The summed E-state index contributed by atoms with van der Waals surface area (Å²) < 4.78 is 10.5. The summed E-state index contributed by atoms with van der Waals surface area (Å²) in [5, 5.41) is 2.42. The third kappa shape index (κ3) is 5.32. The molecule has 6 heteroatoms. The molecular formula is C9H12NO4P. The van der Waals surface area contributed by atoms with Crippen molar-refractivity contribution in [3.05, 3.63) is 35.9 Å². The lowest BCUT2D eigenvalue weighted by Crippen LogP contribution is -2.25. The van der Waals surface area contributed by atoms with Gasteiger partial charge in [-0.25, -0.2) is 0 Å². The number of hydrogen-bond acceptors (Lipinski definition) is 2. The average molecular weight is 229 g/mol. The first kappa shape index (κ1) is 11.9. The zero-order chi connectivity index (χ0) is 11.3. The van der Waals surface area contributed by atoms with Crippen LogP contribution >= 0.6 is 7.60 Å². The third-order valence-corrected chi connectivity index (χ3v) is 2.38. The number of benzene rings is 1. The summed E-state index contributed by atoms with van der Waals surface area (Å²) in [7, 11) is -4.26. The largest absolute Gasteiger partial charge is 0.351 e. The van der Waals surface area contributed by atoms with Crippen LogP contribution in [0.15, 0.2) is 30.3 Å². The van der Waals surface area contributed by atoms with Crippen molar-refractivity contribution in [2.75, 3.05) is 6.16 Å². The van der Waals surface area contributed by atoms with Crippen LogP contribution in [0.25, 0.3) is 0 Å². The lowest BCUT2D eigenvalue weighted by atomic mass is 10.2. The van der Waals surface area contributed by atoms with Crippen molar-refractivity contribution in [2.24, 2.45) is 0 Å². The summed E-state index contributed by atoms with van der Waals surface area (Å²) in [6.45, 7) is 0.277. The molecule has 0 atom stereocenters. The van der Waals surface area contributed by atoms with Crippen molar-refractivity contribution >= 4 is 13.5 Å². The summed E-state index contributed by atoms with van der Waals surface area (Å²) in [5.74, 6) is -0.646. The van der Waals surface area contributed by atoms with Crippen molar-refractivity contribution in [2.45, 2.75) is 6.54 Å². The molecule has 0 aromatic heterocycles. The van der Waals surface area contributed by atoms with E-state index in [0.717, 1.165) is 5.56 Å². The van der Waals surface area contributed by atoms with Crippen molar-refractivity contribution < 1.29 is 19.1 Å². The van der Waals surface area contributed by atoms with E-state index in [9.17, 15) is 9.36 Å². The molecule has 0 spiro atoms. The highest BCUT2D eigenvalue weighted by Crippen LogP contribution is 2.33. The minimum atomic E-state index is -4.26. The summed E-state index contributed by atoms with van der Waals surface area (Å²) in [6.07, 6.45) is -0.764. The minimum absolute atomic E-state index is 0.277. The fourth-order valence-corrected chi connectivity index (χ4v) is 1.53. The number of hydrogen-bond donors (Lipinski definition) is 3. The van der Waals surface area contributed by atoms with E-state index in [2.05, 4.69) is 5.32 Å². The molecular weight excluding hydrogens is 217 g/mol. The molecule has 1 amide bonds. The van der Waals surface area contributed by atoms with Gasteiger partial charge in [0.1, 0.15) is 6.16 Å². The van der Waals surface area contributed by atoms with Gasteiger partial charge in [0.25, 0.3) is 0 Å². The molecule has 0 radical (unpaired) electrons. The van der Waals surface area contributed by atoms with Gasteiger partial charge in [0, 0.05) is 6.54 Å². The fraction of sp³-hybridized carbons (Fsp3) is 0.222. The molecule has 3 N–H and O–H groups in total. The Morgan fingerprint density at radius 1 is 1.27 bits per heavy atom. The van der Waals surface area contributed by atoms with E-state index in [-0.39, 0.29) is 6.54 Å². The van der Waals surface area contributed by atoms with Gasteiger partial charge < -0.3 is 15.1 Å². The van der Waals surface area contributed by atoms with E-state index in [4.69, 9.17) is 9.79 Å². The molecule has 1 rings (SSSR count). The van der Waals surface area contributed by atoms with Crippen LogP contribution in [0, 0.1) is 0 Å². The maximum absolute atomic E-state index is 11.0. The second kappa shape index (κ2) is 5.07. The van der Waals surface area contributed by atoms with Gasteiger partial charge in [0.15, 0.2) is 0 Å². The third-order valence-electron chi connectivity index (χ3n) is 1.68. The Kier molecular flexibility index (Phi) is 4.03. The molecule has 1 aromatic carbocycles. The Balaban J connectivity index is 2.39. The number of nitrogens with one attached hydrogen (secondary N) is 1. The van der Waals surface area contributed by atoms with Crippen LogP contribution < -0.4 is 5.32 Å². The second-order valence-electron chi connectivity index (χ2n) is 3.09. The zero-order valence-corrected chi connectivity index (χ0v) is 8.85. The smallest absolute Gasteiger partial charge is 0.334 e. The van der Waals surface area contributed by atoms with E-state index >= 15 is 0 Å². The van der Waals surface area contributed by atoms with Crippen molar-refractivity contribution in [1.82, 2.24) is 5.32 Å². The number of carbonyl (C=O) groups excluding carboxylic acids is 1. The molecule has 0 aliphatic rings. The van der Waals surface area contributed by atoms with E-state index in [1.165, 1.54) is 0 Å². The van der Waals surface area contributed by atoms with Crippen LogP contribution in [0.3, 0.4) is 0 Å². The van der Waals surface area contributed by atoms with Crippen molar-refractivity contribution in [1.29, 1.82) is 0 Å². The van der Waals surface area contributed by atoms with Gasteiger partial charge in [0.2, 0.25) is 5.91 Å². The summed E-state index contributed by atoms with van der Waals surface area (Å²) in [4.78, 5) is 28.1. The van der Waals surface area contributed by atoms with Gasteiger partial charge in [-0.1, -0.05) is 30.3 Å². The SMILES string of the molecule is O=C(CP(=O)(O)O)NCc1ccccc1. The summed E-state index contributed by atoms with van der Waals surface area (Å²) in [5.41, 5.74) is 0.886. The maximum Gasteiger partial charge on any atom is 0.334 e. The molecule has 0 unspecified atom stereocenters. The highest BCUT2D eigenvalue weighted by molar-refractivity contribution is 7.52. The highest BCUT2D eigenvalue weighted by Gasteiger charge is 2.18. The first-order valence-corrected chi connectivity index (χ1v) is 6.12. The Labute approximate surface area is 87.3 Å². The maximum atomic E-state index is 11.0. The Hall–Kier alpha value is -1.16. The standard InChI is InChI=1S/C9H12NO4P/c11-9(7-15(12,13)14)10-6-8-4-2-1-3-5-8/h1-5H,6-7H2,(H,10,11)(H2,12,13,14). The van der Waals surface area contributed by atoms with Crippen molar-refractivity contribution in [3.8, 4) is 0 Å². The predicted molar refractivity (Wildman–Crippen MR) is 55.2 cm³/mol. The van der Waals surface area contributed by atoms with Crippen LogP contribution in [0.5, 0.6) is 0 Å². The molecule has 0 saturated heterocycles. The highest BCUT2D eigenvalue weighted by atomic mass is 31.2. The fourth-order valence-electron chi connectivity index (χ4n) is 1.04. The first-order chi connectivity index (χ1) is 6.97. The summed E-state index contributed by atoms with van der Waals surface area (Å²) >= 11 is 0. The number of amides is 1. The van der Waals surface area contributed by atoms with Crippen molar-refractivity contribution in [3.63, 3.8) is 0 Å². The normalized spacial score (nSPS) is 11.1. The molecule has 0 aliphatic carbocycles. The van der Waals surface area contributed by atoms with Gasteiger partial charge in [-0.3, -0.25) is 9.36 Å². The van der Waals surface area contributed by atoms with Crippen LogP contribution in [-0.2, 0) is 15.9 Å². The lowest BCUT2D eigenvalue weighted by Gasteiger charge is -2.05. The predicted octanol–water partition coefficient (Wildman–Crippen LogP) is 0.480. The molecule has 82 valence electrons. The van der Waals surface area contributed by atoms with E-state index in [1.807, 2.05) is 30.3 Å². The molecule has 15 heavy (non-hydrogen) atoms. The monoisotopic (exact) mass is 229 g/mol. The molecule has 5 nitrogen and oxygen atoms in total. The van der Waals surface area contributed by atoms with Gasteiger partial charge >= 0.3 is 7.60 Å². The topological polar surface area (TPSA) is 86.6 Å². The Bertz CT molecular complexity index is 373. The van der Waals surface area contributed by atoms with Gasteiger partial charge in [-0.05, 0) is 5.56 Å². The van der Waals surface area contributed by atoms with Crippen LogP contribution in [0.4, 0.5) is 0 Å². The molecule has 0 heterocycles. The second-order valence-corrected chi connectivity index (χ2v) is 4.73. The molecule has 0 saturated carbocycles.